The Labute approximate surface area is 120 Å². The zero-order valence-electron chi connectivity index (χ0n) is 10.6. The maximum atomic E-state index is 11.9. The van der Waals surface area contributed by atoms with Gasteiger partial charge in [-0.25, -0.2) is 4.79 Å². The third-order valence-corrected chi connectivity index (χ3v) is 3.68. The van der Waals surface area contributed by atoms with Crippen molar-refractivity contribution in [3.05, 3.63) is 52.0 Å². The van der Waals surface area contributed by atoms with E-state index in [1.807, 2.05) is 31.2 Å². The molecule has 19 heavy (non-hydrogen) atoms. The third kappa shape index (κ3) is 2.63. The van der Waals surface area contributed by atoms with Gasteiger partial charge in [-0.2, -0.15) is 0 Å². The Morgan fingerprint density at radius 3 is 2.37 bits per heavy atom. The van der Waals surface area contributed by atoms with E-state index in [2.05, 4.69) is 15.9 Å². The molecule has 0 heterocycles. The van der Waals surface area contributed by atoms with Crippen molar-refractivity contribution < 1.29 is 14.6 Å². The van der Waals surface area contributed by atoms with E-state index in [0.717, 1.165) is 16.7 Å². The first-order chi connectivity index (χ1) is 9.04. The lowest BCUT2D eigenvalue weighted by atomic mass is 9.98. The molecule has 0 aromatic heterocycles. The molecule has 98 valence electrons. The highest BCUT2D eigenvalue weighted by molar-refractivity contribution is 9.10. The van der Waals surface area contributed by atoms with Crippen molar-refractivity contribution in [3.8, 4) is 16.9 Å². The van der Waals surface area contributed by atoms with Crippen molar-refractivity contribution in [3.63, 3.8) is 0 Å². The highest BCUT2D eigenvalue weighted by Crippen LogP contribution is 2.36. The van der Waals surface area contributed by atoms with Crippen LogP contribution >= 0.6 is 15.9 Å². The van der Waals surface area contributed by atoms with Gasteiger partial charge in [-0.05, 0) is 46.1 Å². The normalized spacial score (nSPS) is 10.3. The molecule has 0 fully saturated rings. The standard InChI is InChI=1S/C15H13BrO3/c1-9-3-5-10(6-4-9)11-7-8-12(17)14(16)13(11)15(18)19-2/h3-8,17H,1-2H3. The van der Waals surface area contributed by atoms with E-state index < -0.39 is 5.97 Å². The minimum absolute atomic E-state index is 0.0104. The van der Waals surface area contributed by atoms with Gasteiger partial charge in [0.05, 0.1) is 17.1 Å². The van der Waals surface area contributed by atoms with Crippen molar-refractivity contribution in [1.29, 1.82) is 0 Å². The lowest BCUT2D eigenvalue weighted by molar-refractivity contribution is 0.0600. The molecule has 0 atom stereocenters. The van der Waals surface area contributed by atoms with Gasteiger partial charge < -0.3 is 9.84 Å². The van der Waals surface area contributed by atoms with Crippen LogP contribution < -0.4 is 0 Å². The fourth-order valence-corrected chi connectivity index (χ4v) is 2.35. The molecule has 0 saturated carbocycles. The van der Waals surface area contributed by atoms with E-state index in [0.29, 0.717) is 10.0 Å². The zero-order chi connectivity index (χ0) is 14.0. The van der Waals surface area contributed by atoms with E-state index in [1.54, 1.807) is 12.1 Å². The van der Waals surface area contributed by atoms with Crippen molar-refractivity contribution >= 4 is 21.9 Å². The Morgan fingerprint density at radius 1 is 1.16 bits per heavy atom. The number of phenolic OH excluding ortho intramolecular Hbond substituents is 1. The molecule has 0 radical (unpaired) electrons. The molecule has 3 nitrogen and oxygen atoms in total. The molecule has 2 rings (SSSR count). The summed E-state index contributed by atoms with van der Waals surface area (Å²) in [4.78, 5) is 11.9. The smallest absolute Gasteiger partial charge is 0.339 e. The summed E-state index contributed by atoms with van der Waals surface area (Å²) in [5, 5.41) is 9.71. The Hall–Kier alpha value is -1.81. The summed E-state index contributed by atoms with van der Waals surface area (Å²) in [5.41, 5.74) is 3.08. The Morgan fingerprint density at radius 2 is 1.79 bits per heavy atom. The molecule has 0 aliphatic heterocycles. The molecule has 0 aliphatic carbocycles. The van der Waals surface area contributed by atoms with Crippen molar-refractivity contribution in [2.45, 2.75) is 6.92 Å². The molecular formula is C15H13BrO3. The SMILES string of the molecule is COC(=O)c1c(-c2ccc(C)cc2)ccc(O)c1Br. The van der Waals surface area contributed by atoms with Gasteiger partial charge in [0, 0.05) is 0 Å². The fraction of sp³-hybridized carbons (Fsp3) is 0.133. The molecule has 0 bridgehead atoms. The summed E-state index contributed by atoms with van der Waals surface area (Å²) in [6.07, 6.45) is 0. The molecule has 0 aliphatic rings. The van der Waals surface area contributed by atoms with E-state index in [9.17, 15) is 9.90 Å². The predicted molar refractivity (Wildman–Crippen MR) is 77.3 cm³/mol. The number of halogens is 1. The molecule has 0 saturated heterocycles. The molecule has 2 aromatic carbocycles. The number of hydrogen-bond acceptors (Lipinski definition) is 3. The number of rotatable bonds is 2. The van der Waals surface area contributed by atoms with Gasteiger partial charge in [0.1, 0.15) is 5.75 Å². The molecule has 0 amide bonds. The van der Waals surface area contributed by atoms with Crippen molar-refractivity contribution in [2.24, 2.45) is 0 Å². The maximum Gasteiger partial charge on any atom is 0.339 e. The number of hydrogen-bond donors (Lipinski definition) is 1. The van der Waals surface area contributed by atoms with Crippen LogP contribution in [0.5, 0.6) is 5.75 Å². The number of ether oxygens (including phenoxy) is 1. The highest BCUT2D eigenvalue weighted by Gasteiger charge is 2.19. The fourth-order valence-electron chi connectivity index (χ4n) is 1.84. The molecule has 1 N–H and O–H groups in total. The molecule has 2 aromatic rings. The van der Waals surface area contributed by atoms with Gasteiger partial charge in [0.15, 0.2) is 0 Å². The third-order valence-electron chi connectivity index (χ3n) is 2.87. The summed E-state index contributed by atoms with van der Waals surface area (Å²) >= 11 is 3.23. The van der Waals surface area contributed by atoms with Crippen molar-refractivity contribution in [2.75, 3.05) is 7.11 Å². The van der Waals surface area contributed by atoms with Gasteiger partial charge in [0.25, 0.3) is 0 Å². The lowest BCUT2D eigenvalue weighted by Gasteiger charge is -2.11. The Kier molecular flexibility index (Phi) is 3.90. The van der Waals surface area contributed by atoms with Crippen LogP contribution in [0.2, 0.25) is 0 Å². The Balaban J connectivity index is 2.66. The van der Waals surface area contributed by atoms with Crippen LogP contribution in [0.1, 0.15) is 15.9 Å². The van der Waals surface area contributed by atoms with E-state index in [4.69, 9.17) is 4.74 Å². The first-order valence-electron chi connectivity index (χ1n) is 5.71. The maximum absolute atomic E-state index is 11.9. The average molecular weight is 321 g/mol. The second-order valence-electron chi connectivity index (χ2n) is 4.18. The summed E-state index contributed by atoms with van der Waals surface area (Å²) in [7, 11) is 1.32. The monoisotopic (exact) mass is 320 g/mol. The number of aryl methyl sites for hydroxylation is 1. The van der Waals surface area contributed by atoms with Crippen LogP contribution in [0.15, 0.2) is 40.9 Å². The summed E-state index contributed by atoms with van der Waals surface area (Å²) < 4.78 is 5.12. The van der Waals surface area contributed by atoms with Crippen LogP contribution in [0.3, 0.4) is 0 Å². The second kappa shape index (κ2) is 5.45. The minimum Gasteiger partial charge on any atom is -0.507 e. The first-order valence-corrected chi connectivity index (χ1v) is 6.50. The molecular weight excluding hydrogens is 308 g/mol. The topological polar surface area (TPSA) is 46.5 Å². The van der Waals surface area contributed by atoms with Crippen LogP contribution in [0.25, 0.3) is 11.1 Å². The average Bonchev–Trinajstić information content (AvgIpc) is 2.42. The van der Waals surface area contributed by atoms with E-state index >= 15 is 0 Å². The van der Waals surface area contributed by atoms with Gasteiger partial charge in [-0.15, -0.1) is 0 Å². The number of aromatic hydroxyl groups is 1. The number of esters is 1. The van der Waals surface area contributed by atoms with Gasteiger partial charge in [-0.1, -0.05) is 29.8 Å². The number of phenols is 1. The quantitative estimate of drug-likeness (QED) is 0.853. The molecule has 4 heteroatoms. The Bertz CT molecular complexity index is 618. The minimum atomic E-state index is -0.488. The lowest BCUT2D eigenvalue weighted by Crippen LogP contribution is -2.05. The van der Waals surface area contributed by atoms with Crippen LogP contribution in [-0.4, -0.2) is 18.2 Å². The summed E-state index contributed by atoms with van der Waals surface area (Å²) in [5.74, 6) is -0.477. The number of methoxy groups -OCH3 is 1. The van der Waals surface area contributed by atoms with Gasteiger partial charge >= 0.3 is 5.97 Å². The van der Waals surface area contributed by atoms with E-state index in [1.165, 1.54) is 7.11 Å². The first kappa shape index (κ1) is 13.6. The largest absolute Gasteiger partial charge is 0.507 e. The summed E-state index contributed by atoms with van der Waals surface area (Å²) in [6.45, 7) is 2.00. The van der Waals surface area contributed by atoms with Crippen molar-refractivity contribution in [1.82, 2.24) is 0 Å². The number of benzene rings is 2. The van der Waals surface area contributed by atoms with Gasteiger partial charge in [-0.3, -0.25) is 0 Å². The summed E-state index contributed by atoms with van der Waals surface area (Å²) in [6, 6.07) is 11.1. The van der Waals surface area contributed by atoms with Crippen LogP contribution in [0.4, 0.5) is 0 Å². The van der Waals surface area contributed by atoms with Crippen LogP contribution in [-0.2, 0) is 4.74 Å². The number of carbonyl (C=O) groups is 1. The highest BCUT2D eigenvalue weighted by atomic mass is 79.9. The zero-order valence-corrected chi connectivity index (χ0v) is 12.2. The number of carbonyl (C=O) groups excluding carboxylic acids is 1. The predicted octanol–water partition coefficient (Wildman–Crippen LogP) is 3.92. The van der Waals surface area contributed by atoms with Crippen LogP contribution in [0, 0.1) is 6.92 Å². The second-order valence-corrected chi connectivity index (χ2v) is 4.97. The van der Waals surface area contributed by atoms with Gasteiger partial charge in [0.2, 0.25) is 0 Å². The molecule has 0 spiro atoms. The molecule has 0 unspecified atom stereocenters. The van der Waals surface area contributed by atoms with E-state index in [-0.39, 0.29) is 5.75 Å².